The van der Waals surface area contributed by atoms with Crippen LogP contribution in [-0.2, 0) is 11.2 Å². The molecule has 2 heterocycles. The van der Waals surface area contributed by atoms with Crippen molar-refractivity contribution in [1.82, 2.24) is 10.2 Å². The maximum absolute atomic E-state index is 12.3. The van der Waals surface area contributed by atoms with Crippen LogP contribution < -0.4 is 10.2 Å². The van der Waals surface area contributed by atoms with Crippen molar-refractivity contribution in [3.8, 4) is 0 Å². The van der Waals surface area contributed by atoms with Gasteiger partial charge in [0.05, 0.1) is 0 Å². The Balaban J connectivity index is 1.60. The number of piperazine rings is 1. The maximum Gasteiger partial charge on any atom is 0.224 e. The third-order valence-corrected chi connectivity index (χ3v) is 4.52. The molecule has 0 radical (unpaired) electrons. The number of amides is 1. The van der Waals surface area contributed by atoms with E-state index in [0.29, 0.717) is 12.3 Å². The number of carbonyl (C=O) groups excluding carboxylic acids is 1. The Morgan fingerprint density at radius 1 is 1.24 bits per heavy atom. The lowest BCUT2D eigenvalue weighted by molar-refractivity contribution is -0.131. The van der Waals surface area contributed by atoms with E-state index in [1.54, 1.807) is 0 Å². The van der Waals surface area contributed by atoms with Crippen LogP contribution in [0.1, 0.15) is 24.0 Å². The minimum Gasteiger partial charge on any atom is -0.371 e. The van der Waals surface area contributed by atoms with Gasteiger partial charge in [-0.05, 0) is 31.4 Å². The van der Waals surface area contributed by atoms with Gasteiger partial charge in [0.25, 0.3) is 0 Å². The van der Waals surface area contributed by atoms with Crippen molar-refractivity contribution in [2.24, 2.45) is 0 Å². The zero-order valence-electron chi connectivity index (χ0n) is 12.9. The van der Waals surface area contributed by atoms with Crippen molar-refractivity contribution >= 4 is 11.6 Å². The Morgan fingerprint density at radius 2 is 2.05 bits per heavy atom. The second kappa shape index (κ2) is 6.48. The van der Waals surface area contributed by atoms with Crippen LogP contribution in [-0.4, -0.2) is 50.1 Å². The molecule has 1 aromatic carbocycles. The molecule has 2 aliphatic heterocycles. The van der Waals surface area contributed by atoms with Gasteiger partial charge in [0, 0.05) is 51.4 Å². The van der Waals surface area contributed by atoms with Gasteiger partial charge >= 0.3 is 0 Å². The number of hydrogen-bond acceptors (Lipinski definition) is 3. The van der Waals surface area contributed by atoms with E-state index in [1.165, 1.54) is 29.7 Å². The summed E-state index contributed by atoms with van der Waals surface area (Å²) in [4.78, 5) is 16.7. The quantitative estimate of drug-likeness (QED) is 0.916. The van der Waals surface area contributed by atoms with E-state index in [2.05, 4.69) is 35.3 Å². The van der Waals surface area contributed by atoms with Gasteiger partial charge in [-0.1, -0.05) is 17.7 Å². The highest BCUT2D eigenvalue weighted by molar-refractivity contribution is 5.77. The molecular formula is C17H25N3O. The van der Waals surface area contributed by atoms with Crippen molar-refractivity contribution < 1.29 is 4.79 Å². The number of benzene rings is 1. The molecule has 0 saturated carbocycles. The van der Waals surface area contributed by atoms with Crippen LogP contribution in [0.4, 0.5) is 5.69 Å². The first-order valence-electron chi connectivity index (χ1n) is 8.07. The summed E-state index contributed by atoms with van der Waals surface area (Å²) in [6.45, 7) is 7.63. The first-order chi connectivity index (χ1) is 10.2. The van der Waals surface area contributed by atoms with Crippen molar-refractivity contribution in [2.45, 2.75) is 26.2 Å². The minimum absolute atomic E-state index is 0.302. The van der Waals surface area contributed by atoms with Crippen molar-refractivity contribution in [2.75, 3.05) is 44.2 Å². The Bertz CT molecular complexity index is 509. The molecule has 1 N–H and O–H groups in total. The minimum atomic E-state index is 0.302. The summed E-state index contributed by atoms with van der Waals surface area (Å²) < 4.78 is 0. The van der Waals surface area contributed by atoms with Gasteiger partial charge in [-0.2, -0.15) is 0 Å². The highest BCUT2D eigenvalue weighted by Gasteiger charge is 2.20. The van der Waals surface area contributed by atoms with E-state index in [0.717, 1.165) is 39.3 Å². The molecule has 0 atom stereocenters. The van der Waals surface area contributed by atoms with E-state index < -0.39 is 0 Å². The summed E-state index contributed by atoms with van der Waals surface area (Å²) in [6, 6.07) is 6.69. The highest BCUT2D eigenvalue weighted by Crippen LogP contribution is 2.28. The summed E-state index contributed by atoms with van der Waals surface area (Å²) in [5, 5.41) is 3.29. The van der Waals surface area contributed by atoms with E-state index in [1.807, 2.05) is 4.90 Å². The Hall–Kier alpha value is -1.55. The second-order valence-electron chi connectivity index (χ2n) is 6.10. The molecule has 3 rings (SSSR count). The van der Waals surface area contributed by atoms with Gasteiger partial charge in [-0.25, -0.2) is 0 Å². The number of fused-ring (bicyclic) bond motifs is 1. The van der Waals surface area contributed by atoms with Gasteiger partial charge in [-0.15, -0.1) is 0 Å². The average molecular weight is 287 g/mol. The van der Waals surface area contributed by atoms with Crippen molar-refractivity contribution in [3.05, 3.63) is 29.3 Å². The predicted molar refractivity (Wildman–Crippen MR) is 85.8 cm³/mol. The fourth-order valence-corrected chi connectivity index (χ4v) is 3.34. The molecule has 21 heavy (non-hydrogen) atoms. The Labute approximate surface area is 127 Å². The molecular weight excluding hydrogens is 262 g/mol. The lowest BCUT2D eigenvalue weighted by Crippen LogP contribution is -2.47. The largest absolute Gasteiger partial charge is 0.371 e. The number of rotatable bonds is 3. The molecule has 1 fully saturated rings. The van der Waals surface area contributed by atoms with Crippen molar-refractivity contribution in [1.29, 1.82) is 0 Å². The van der Waals surface area contributed by atoms with E-state index in [4.69, 9.17) is 0 Å². The average Bonchev–Trinajstić information content (AvgIpc) is 2.53. The van der Waals surface area contributed by atoms with E-state index in [-0.39, 0.29) is 0 Å². The van der Waals surface area contributed by atoms with Crippen LogP contribution in [0.5, 0.6) is 0 Å². The molecule has 0 aromatic heterocycles. The summed E-state index contributed by atoms with van der Waals surface area (Å²) in [5.41, 5.74) is 4.10. The first-order valence-corrected chi connectivity index (χ1v) is 8.07. The van der Waals surface area contributed by atoms with Gasteiger partial charge in [0.15, 0.2) is 0 Å². The van der Waals surface area contributed by atoms with Crippen LogP contribution >= 0.6 is 0 Å². The molecule has 0 bridgehead atoms. The Morgan fingerprint density at radius 3 is 2.86 bits per heavy atom. The van der Waals surface area contributed by atoms with Crippen LogP contribution in [0.15, 0.2) is 18.2 Å². The van der Waals surface area contributed by atoms with Crippen LogP contribution in [0.25, 0.3) is 0 Å². The standard InChI is InChI=1S/C17H25N3O/c1-14-4-5-16-15(13-14)3-2-9-19(16)10-6-17(21)20-11-7-18-8-12-20/h4-5,13,18H,2-3,6-12H2,1H3. The third-order valence-electron chi connectivity index (χ3n) is 4.52. The summed E-state index contributed by atoms with van der Waals surface area (Å²) >= 11 is 0. The maximum atomic E-state index is 12.3. The fraction of sp³-hybridized carbons (Fsp3) is 0.588. The fourth-order valence-electron chi connectivity index (χ4n) is 3.34. The number of nitrogens with one attached hydrogen (secondary N) is 1. The Kier molecular flexibility index (Phi) is 4.44. The number of hydrogen-bond donors (Lipinski definition) is 1. The van der Waals surface area contributed by atoms with Crippen LogP contribution in [0, 0.1) is 6.92 Å². The zero-order valence-corrected chi connectivity index (χ0v) is 12.9. The monoisotopic (exact) mass is 287 g/mol. The summed E-state index contributed by atoms with van der Waals surface area (Å²) in [5.74, 6) is 0.302. The van der Waals surface area contributed by atoms with Gasteiger partial charge in [0.1, 0.15) is 0 Å². The van der Waals surface area contributed by atoms with Gasteiger partial charge in [-0.3, -0.25) is 4.79 Å². The van der Waals surface area contributed by atoms with Crippen molar-refractivity contribution in [3.63, 3.8) is 0 Å². The lowest BCUT2D eigenvalue weighted by Gasteiger charge is -2.33. The SMILES string of the molecule is Cc1ccc2c(c1)CCCN2CCC(=O)N1CCNCC1. The van der Waals surface area contributed by atoms with E-state index in [9.17, 15) is 4.79 Å². The molecule has 1 amide bonds. The topological polar surface area (TPSA) is 35.6 Å². The second-order valence-corrected chi connectivity index (χ2v) is 6.10. The zero-order chi connectivity index (χ0) is 14.7. The highest BCUT2D eigenvalue weighted by atomic mass is 16.2. The predicted octanol–water partition coefficient (Wildman–Crippen LogP) is 1.57. The smallest absolute Gasteiger partial charge is 0.224 e. The van der Waals surface area contributed by atoms with Gasteiger partial charge in [0.2, 0.25) is 5.91 Å². The molecule has 1 aromatic rings. The number of aryl methyl sites for hydroxylation is 2. The molecule has 4 heteroatoms. The van der Waals surface area contributed by atoms with E-state index >= 15 is 0 Å². The molecule has 114 valence electrons. The number of nitrogens with zero attached hydrogens (tertiary/aromatic N) is 2. The molecule has 1 saturated heterocycles. The third kappa shape index (κ3) is 3.38. The molecule has 0 aliphatic carbocycles. The number of carbonyl (C=O) groups is 1. The molecule has 2 aliphatic rings. The van der Waals surface area contributed by atoms with Crippen LogP contribution in [0.3, 0.4) is 0 Å². The molecule has 0 spiro atoms. The molecule has 0 unspecified atom stereocenters. The van der Waals surface area contributed by atoms with Gasteiger partial charge < -0.3 is 15.1 Å². The lowest BCUT2D eigenvalue weighted by atomic mass is 9.99. The van der Waals surface area contributed by atoms with Crippen LogP contribution in [0.2, 0.25) is 0 Å². The molecule has 4 nitrogen and oxygen atoms in total. The first kappa shape index (κ1) is 14.4. The summed E-state index contributed by atoms with van der Waals surface area (Å²) in [7, 11) is 0. The number of anilines is 1. The summed E-state index contributed by atoms with van der Waals surface area (Å²) in [6.07, 6.45) is 2.99. The normalized spacial score (nSPS) is 18.5.